The van der Waals surface area contributed by atoms with Crippen LogP contribution >= 0.6 is 0 Å². The van der Waals surface area contributed by atoms with Gasteiger partial charge in [0.05, 0.1) is 25.4 Å². The number of carbonyl (C=O) groups is 2. The van der Waals surface area contributed by atoms with Gasteiger partial charge in [0.2, 0.25) is 5.91 Å². The number of ether oxygens (including phenoxy) is 1. The predicted octanol–water partition coefficient (Wildman–Crippen LogP) is 19.6. The van der Waals surface area contributed by atoms with Crippen LogP contribution in [0.5, 0.6) is 0 Å². The van der Waals surface area contributed by atoms with Gasteiger partial charge in [0.25, 0.3) is 0 Å². The molecule has 0 saturated carbocycles. The van der Waals surface area contributed by atoms with Gasteiger partial charge in [-0.15, -0.1) is 0 Å². The van der Waals surface area contributed by atoms with Crippen molar-refractivity contribution in [3.05, 3.63) is 12.2 Å². The Morgan fingerprint density at radius 2 is 0.667 bits per heavy atom. The number of esters is 1. The van der Waals surface area contributed by atoms with Crippen LogP contribution in [0.1, 0.15) is 354 Å². The fourth-order valence-electron chi connectivity index (χ4n) is 9.99. The van der Waals surface area contributed by atoms with Crippen molar-refractivity contribution in [2.24, 2.45) is 0 Å². The molecule has 6 heteroatoms. The van der Waals surface area contributed by atoms with Gasteiger partial charge in [-0.25, -0.2) is 0 Å². The largest absolute Gasteiger partial charge is 0.466 e. The fraction of sp³-hybridized carbons (Fsp3) is 0.937. The van der Waals surface area contributed by atoms with E-state index in [9.17, 15) is 19.8 Å². The molecule has 0 aromatic carbocycles. The summed E-state index contributed by atoms with van der Waals surface area (Å²) in [7, 11) is 0. The third-order valence-corrected chi connectivity index (χ3v) is 14.8. The van der Waals surface area contributed by atoms with Crippen LogP contribution < -0.4 is 5.32 Å². The van der Waals surface area contributed by atoms with Crippen LogP contribution in [0.2, 0.25) is 0 Å². The summed E-state index contributed by atoms with van der Waals surface area (Å²) in [6.45, 7) is 4.93. The van der Waals surface area contributed by atoms with E-state index in [1.165, 1.54) is 289 Å². The first-order chi connectivity index (χ1) is 34.0. The zero-order valence-corrected chi connectivity index (χ0v) is 46.8. The summed E-state index contributed by atoms with van der Waals surface area (Å²) in [6.07, 6.45) is 71.1. The predicted molar refractivity (Wildman–Crippen MR) is 301 cm³/mol. The summed E-state index contributed by atoms with van der Waals surface area (Å²) < 4.78 is 5.48. The number of carbonyl (C=O) groups excluding carboxylic acids is 2. The zero-order valence-electron chi connectivity index (χ0n) is 46.8. The van der Waals surface area contributed by atoms with E-state index in [0.29, 0.717) is 19.4 Å². The van der Waals surface area contributed by atoms with E-state index in [0.717, 1.165) is 38.5 Å². The van der Waals surface area contributed by atoms with Crippen molar-refractivity contribution in [3.63, 3.8) is 0 Å². The van der Waals surface area contributed by atoms with Crippen LogP contribution in [0.3, 0.4) is 0 Å². The van der Waals surface area contributed by atoms with Gasteiger partial charge in [0.15, 0.2) is 0 Å². The molecule has 0 radical (unpaired) electrons. The Morgan fingerprint density at radius 1 is 0.391 bits per heavy atom. The van der Waals surface area contributed by atoms with Crippen LogP contribution in [-0.2, 0) is 14.3 Å². The van der Waals surface area contributed by atoms with E-state index in [4.69, 9.17) is 4.74 Å². The first-order valence-corrected chi connectivity index (χ1v) is 31.5. The fourth-order valence-corrected chi connectivity index (χ4v) is 9.99. The van der Waals surface area contributed by atoms with Gasteiger partial charge < -0.3 is 20.3 Å². The lowest BCUT2D eigenvalue weighted by Crippen LogP contribution is -2.45. The molecule has 0 aliphatic carbocycles. The maximum absolute atomic E-state index is 12.5. The van der Waals surface area contributed by atoms with E-state index in [-0.39, 0.29) is 18.5 Å². The van der Waals surface area contributed by atoms with E-state index < -0.39 is 12.1 Å². The molecule has 0 aromatic heterocycles. The molecule has 2 atom stereocenters. The van der Waals surface area contributed by atoms with Crippen molar-refractivity contribution in [2.75, 3.05) is 13.2 Å². The van der Waals surface area contributed by atoms with Crippen molar-refractivity contribution in [1.82, 2.24) is 5.32 Å². The standard InChI is InChI=1S/C63H123NO5/c1-3-5-7-9-11-13-15-17-18-19-22-25-28-32-35-39-43-47-51-55-61(66)60(59-65)64-62(67)56-52-48-44-40-36-33-29-26-23-20-21-24-27-30-34-38-42-46-50-54-58-69-63(68)57-53-49-45-41-37-31-16-14-12-10-8-6-4-2/h51,55,60-61,65-66H,3-50,52-54,56-59H2,1-2H3,(H,64,67)/b55-51+. The minimum absolute atomic E-state index is 0.0122. The van der Waals surface area contributed by atoms with E-state index in [2.05, 4.69) is 19.2 Å². The number of aliphatic hydroxyl groups excluding tert-OH is 2. The number of nitrogens with one attached hydrogen (secondary N) is 1. The average Bonchev–Trinajstić information content (AvgIpc) is 3.35. The Kier molecular flexibility index (Phi) is 58.0. The molecule has 0 spiro atoms. The number of hydrogen-bond acceptors (Lipinski definition) is 5. The second kappa shape index (κ2) is 59.2. The first kappa shape index (κ1) is 67.6. The molecule has 3 N–H and O–H groups in total. The van der Waals surface area contributed by atoms with Gasteiger partial charge in [-0.2, -0.15) is 0 Å². The summed E-state index contributed by atoms with van der Waals surface area (Å²) in [5, 5.41) is 23.2. The van der Waals surface area contributed by atoms with E-state index in [1.807, 2.05) is 6.08 Å². The van der Waals surface area contributed by atoms with Crippen LogP contribution in [0.4, 0.5) is 0 Å². The summed E-state index contributed by atoms with van der Waals surface area (Å²) in [5.41, 5.74) is 0. The van der Waals surface area contributed by atoms with Crippen molar-refractivity contribution in [1.29, 1.82) is 0 Å². The van der Waals surface area contributed by atoms with Crippen LogP contribution in [0, 0.1) is 0 Å². The van der Waals surface area contributed by atoms with Crippen molar-refractivity contribution < 1.29 is 24.5 Å². The third-order valence-electron chi connectivity index (χ3n) is 14.8. The summed E-state index contributed by atoms with van der Waals surface area (Å²) in [4.78, 5) is 24.5. The topological polar surface area (TPSA) is 95.9 Å². The summed E-state index contributed by atoms with van der Waals surface area (Å²) in [6, 6.07) is -0.629. The Labute approximate surface area is 431 Å². The highest BCUT2D eigenvalue weighted by molar-refractivity contribution is 5.76. The third kappa shape index (κ3) is 55.8. The molecule has 0 aliphatic rings. The van der Waals surface area contributed by atoms with Crippen LogP contribution in [0.15, 0.2) is 12.2 Å². The van der Waals surface area contributed by atoms with Gasteiger partial charge in [-0.3, -0.25) is 9.59 Å². The lowest BCUT2D eigenvalue weighted by Gasteiger charge is -2.20. The van der Waals surface area contributed by atoms with Gasteiger partial charge in [0.1, 0.15) is 0 Å². The molecular formula is C63H123NO5. The molecule has 0 rings (SSSR count). The number of unbranched alkanes of at least 4 members (excludes halogenated alkanes) is 48. The van der Waals surface area contributed by atoms with Gasteiger partial charge in [0, 0.05) is 12.8 Å². The average molecular weight is 975 g/mol. The molecule has 0 fully saturated rings. The lowest BCUT2D eigenvalue weighted by atomic mass is 10.0. The number of allylic oxidation sites excluding steroid dienone is 1. The zero-order chi connectivity index (χ0) is 50.0. The first-order valence-electron chi connectivity index (χ1n) is 31.5. The number of hydrogen-bond donors (Lipinski definition) is 3. The second-order valence-electron chi connectivity index (χ2n) is 21.8. The normalized spacial score (nSPS) is 12.6. The maximum Gasteiger partial charge on any atom is 0.305 e. The van der Waals surface area contributed by atoms with Crippen LogP contribution in [-0.4, -0.2) is 47.4 Å². The molecule has 0 bridgehead atoms. The lowest BCUT2D eigenvalue weighted by molar-refractivity contribution is -0.143. The summed E-state index contributed by atoms with van der Waals surface area (Å²) in [5.74, 6) is -0.0540. The Balaban J connectivity index is 3.41. The minimum Gasteiger partial charge on any atom is -0.466 e. The molecule has 69 heavy (non-hydrogen) atoms. The van der Waals surface area contributed by atoms with Gasteiger partial charge in [-0.1, -0.05) is 321 Å². The highest BCUT2D eigenvalue weighted by Gasteiger charge is 2.18. The number of aliphatic hydroxyl groups is 2. The molecule has 1 amide bonds. The number of rotatable bonds is 59. The Morgan fingerprint density at radius 3 is 0.986 bits per heavy atom. The van der Waals surface area contributed by atoms with Gasteiger partial charge >= 0.3 is 5.97 Å². The monoisotopic (exact) mass is 974 g/mol. The van der Waals surface area contributed by atoms with Crippen molar-refractivity contribution in [2.45, 2.75) is 366 Å². The molecule has 0 aromatic rings. The van der Waals surface area contributed by atoms with Crippen LogP contribution in [0.25, 0.3) is 0 Å². The highest BCUT2D eigenvalue weighted by atomic mass is 16.5. The highest BCUT2D eigenvalue weighted by Crippen LogP contribution is 2.18. The molecule has 2 unspecified atom stereocenters. The summed E-state index contributed by atoms with van der Waals surface area (Å²) >= 11 is 0. The molecule has 0 saturated heterocycles. The van der Waals surface area contributed by atoms with E-state index in [1.54, 1.807) is 6.08 Å². The minimum atomic E-state index is -0.845. The Bertz CT molecular complexity index is 1030. The quantitative estimate of drug-likeness (QED) is 0.0321. The molecule has 410 valence electrons. The van der Waals surface area contributed by atoms with Crippen molar-refractivity contribution >= 4 is 11.9 Å². The van der Waals surface area contributed by atoms with E-state index >= 15 is 0 Å². The Hall–Kier alpha value is -1.40. The number of amides is 1. The SMILES string of the molecule is CCCCCCCCCCCCCCCCCCC/C=C/C(O)C(CO)NC(=O)CCCCCCCCCCCCCCCCCCCCCCOC(=O)CCCCCCCCCCCCCCC. The maximum atomic E-state index is 12.5. The van der Waals surface area contributed by atoms with Gasteiger partial charge in [-0.05, 0) is 32.1 Å². The second-order valence-corrected chi connectivity index (χ2v) is 21.8. The molecular weight excluding hydrogens is 851 g/mol. The molecule has 6 nitrogen and oxygen atoms in total. The smallest absolute Gasteiger partial charge is 0.305 e. The molecule has 0 heterocycles. The molecule has 0 aliphatic heterocycles. The van der Waals surface area contributed by atoms with Crippen molar-refractivity contribution in [3.8, 4) is 0 Å².